The van der Waals surface area contributed by atoms with Gasteiger partial charge in [-0.3, -0.25) is 0 Å². The van der Waals surface area contributed by atoms with E-state index in [0.29, 0.717) is 16.2 Å². The molecular weight excluding hydrogens is 173 g/mol. The third-order valence-electron chi connectivity index (χ3n) is 0.354. The van der Waals surface area contributed by atoms with Crippen LogP contribution in [0.3, 0.4) is 0 Å². The van der Waals surface area contributed by atoms with E-state index in [1.165, 1.54) is 0 Å². The van der Waals surface area contributed by atoms with Crippen molar-refractivity contribution in [3.05, 3.63) is 0 Å². The Hall–Kier alpha value is 0.363. The first-order chi connectivity index (χ1) is 3.13. The fourth-order valence-corrected chi connectivity index (χ4v) is 2.09. The molecule has 0 rings (SSSR count). The van der Waals surface area contributed by atoms with Crippen LogP contribution in [0.25, 0.3) is 0 Å². The van der Waals surface area contributed by atoms with E-state index in [1.54, 1.807) is 8.21 Å². The molecule has 0 aliphatic heterocycles. The summed E-state index contributed by atoms with van der Waals surface area (Å²) in [5.41, 5.74) is 0. The fraction of sp³-hybridized carbons (Fsp3) is 0.667. The van der Waals surface area contributed by atoms with Gasteiger partial charge in [-0.2, -0.15) is 0 Å². The van der Waals surface area contributed by atoms with Crippen molar-refractivity contribution < 1.29 is 16.2 Å². The molecule has 0 fully saturated rings. The Balaban J connectivity index is 4.13. The zero-order chi connectivity index (χ0) is 5.86. The van der Waals surface area contributed by atoms with Gasteiger partial charge in [-0.05, 0) is 0 Å². The van der Waals surface area contributed by atoms with Gasteiger partial charge in [-0.1, -0.05) is 0 Å². The summed E-state index contributed by atoms with van der Waals surface area (Å²) in [5, 5.41) is 0. The first kappa shape index (κ1) is 7.36. The van der Waals surface area contributed by atoms with Crippen LogP contribution in [0.5, 0.6) is 0 Å². The standard InChI is InChI=1S/2C3H6.Ru/c2*1-3-2;/h2*1-2H3;. The summed E-state index contributed by atoms with van der Waals surface area (Å²) >= 11 is 0.494. The predicted octanol–water partition coefficient (Wildman–Crippen LogP) is 1.49. The van der Waals surface area contributed by atoms with Crippen LogP contribution >= 0.6 is 0 Å². The van der Waals surface area contributed by atoms with Gasteiger partial charge in [0.1, 0.15) is 0 Å². The molecule has 0 radical (unpaired) electrons. The van der Waals surface area contributed by atoms with Gasteiger partial charge < -0.3 is 0 Å². The molecule has 0 N–H and O–H groups in total. The van der Waals surface area contributed by atoms with Gasteiger partial charge in [0, 0.05) is 0 Å². The Kier molecular flexibility index (Phi) is 3.55. The van der Waals surface area contributed by atoms with Crippen LogP contribution in [0, 0.1) is 0 Å². The van der Waals surface area contributed by atoms with E-state index in [9.17, 15) is 0 Å². The van der Waals surface area contributed by atoms with Crippen molar-refractivity contribution in [1.82, 2.24) is 0 Å². The van der Waals surface area contributed by atoms with E-state index in [1.807, 2.05) is 0 Å². The normalized spacial score (nSPS) is 8.57. The molecule has 0 amide bonds. The predicted molar refractivity (Wildman–Crippen MR) is 32.7 cm³/mol. The van der Waals surface area contributed by atoms with Gasteiger partial charge in [-0.25, -0.2) is 0 Å². The minimum absolute atomic E-state index is 0.494. The van der Waals surface area contributed by atoms with Crippen LogP contribution in [-0.2, 0) is 16.2 Å². The number of rotatable bonds is 0. The van der Waals surface area contributed by atoms with Gasteiger partial charge >= 0.3 is 52.1 Å². The molecule has 0 atom stereocenters. The molecule has 0 aliphatic carbocycles. The molecule has 0 saturated heterocycles. The van der Waals surface area contributed by atoms with Crippen molar-refractivity contribution in [1.29, 1.82) is 0 Å². The summed E-state index contributed by atoms with van der Waals surface area (Å²) in [6.07, 6.45) is 0. The monoisotopic (exact) mass is 186 g/mol. The minimum atomic E-state index is 0.494. The van der Waals surface area contributed by atoms with Crippen molar-refractivity contribution in [2.45, 2.75) is 27.7 Å². The van der Waals surface area contributed by atoms with Crippen LogP contribution in [-0.4, -0.2) is 8.21 Å². The van der Waals surface area contributed by atoms with Gasteiger partial charge in [0.15, 0.2) is 0 Å². The fourth-order valence-electron chi connectivity index (χ4n) is 0.354. The van der Waals surface area contributed by atoms with E-state index < -0.39 is 0 Å². The van der Waals surface area contributed by atoms with Crippen molar-refractivity contribution in [2.24, 2.45) is 0 Å². The summed E-state index contributed by atoms with van der Waals surface area (Å²) < 4.78 is 3.18. The van der Waals surface area contributed by atoms with E-state index in [2.05, 4.69) is 27.7 Å². The average Bonchev–Trinajstić information content (AvgIpc) is 1.27. The molecule has 0 heterocycles. The zero-order valence-electron chi connectivity index (χ0n) is 5.35. The third kappa shape index (κ3) is 6.36. The van der Waals surface area contributed by atoms with Crippen LogP contribution in [0.4, 0.5) is 0 Å². The zero-order valence-corrected chi connectivity index (χ0v) is 7.09. The maximum absolute atomic E-state index is 2.20. The van der Waals surface area contributed by atoms with Crippen LogP contribution in [0.1, 0.15) is 27.7 Å². The van der Waals surface area contributed by atoms with Crippen LogP contribution in [0.15, 0.2) is 0 Å². The Morgan fingerprint density at radius 3 is 1.14 bits per heavy atom. The first-order valence-electron chi connectivity index (χ1n) is 2.35. The Morgan fingerprint density at radius 2 is 1.14 bits per heavy atom. The second-order valence-electron chi connectivity index (χ2n) is 1.80. The molecule has 0 aliphatic rings. The maximum atomic E-state index is 2.20. The molecule has 1 heteroatoms. The summed E-state index contributed by atoms with van der Waals surface area (Å²) in [5.74, 6) is 0. The molecule has 0 nitrogen and oxygen atoms in total. The molecule has 0 spiro atoms. The molecular formula is C6H12Ru. The van der Waals surface area contributed by atoms with Gasteiger partial charge in [0.25, 0.3) is 0 Å². The summed E-state index contributed by atoms with van der Waals surface area (Å²) in [6, 6.07) is 0. The van der Waals surface area contributed by atoms with Crippen molar-refractivity contribution >= 4 is 8.21 Å². The average molecular weight is 185 g/mol. The molecule has 44 valence electrons. The molecule has 0 aromatic carbocycles. The molecule has 0 saturated carbocycles. The molecule has 0 aromatic heterocycles. The molecule has 7 heavy (non-hydrogen) atoms. The topological polar surface area (TPSA) is 0 Å². The molecule has 0 aromatic rings. The SMILES string of the molecule is C[C](C)=[Ru]=[C](C)C. The Labute approximate surface area is 52.6 Å². The van der Waals surface area contributed by atoms with Crippen molar-refractivity contribution in [2.75, 3.05) is 0 Å². The molecule has 0 unspecified atom stereocenters. The van der Waals surface area contributed by atoms with Crippen molar-refractivity contribution in [3.8, 4) is 0 Å². The number of hydrogen-bond acceptors (Lipinski definition) is 0. The number of hydrogen-bond donors (Lipinski definition) is 0. The van der Waals surface area contributed by atoms with E-state index in [0.717, 1.165) is 0 Å². The Morgan fingerprint density at radius 1 is 0.857 bits per heavy atom. The second-order valence-corrected chi connectivity index (χ2v) is 5.71. The quantitative estimate of drug-likeness (QED) is 0.502. The first-order valence-corrected chi connectivity index (χ1v) is 4.09. The van der Waals surface area contributed by atoms with Crippen molar-refractivity contribution in [3.63, 3.8) is 0 Å². The van der Waals surface area contributed by atoms with Gasteiger partial charge in [-0.15, -0.1) is 0 Å². The van der Waals surface area contributed by atoms with E-state index in [4.69, 9.17) is 0 Å². The summed E-state index contributed by atoms with van der Waals surface area (Å²) in [4.78, 5) is 0. The molecule has 0 bridgehead atoms. The third-order valence-corrected chi connectivity index (χ3v) is 2.09. The Bertz CT molecular complexity index is 96.1. The van der Waals surface area contributed by atoms with Gasteiger partial charge in [0.2, 0.25) is 0 Å². The second kappa shape index (κ2) is 3.38. The van der Waals surface area contributed by atoms with Gasteiger partial charge in [0.05, 0.1) is 0 Å². The van der Waals surface area contributed by atoms with E-state index in [-0.39, 0.29) is 0 Å². The summed E-state index contributed by atoms with van der Waals surface area (Å²) in [7, 11) is 0. The summed E-state index contributed by atoms with van der Waals surface area (Å²) in [6.45, 7) is 8.80. The van der Waals surface area contributed by atoms with Crippen LogP contribution < -0.4 is 0 Å². The van der Waals surface area contributed by atoms with Crippen LogP contribution in [0.2, 0.25) is 0 Å². The van der Waals surface area contributed by atoms with E-state index >= 15 is 0 Å².